The van der Waals surface area contributed by atoms with E-state index < -0.39 is 11.7 Å². The molecular weight excluding hydrogens is 481 g/mol. The number of carbonyl (C=O) groups excluding carboxylic acids is 1. The summed E-state index contributed by atoms with van der Waals surface area (Å²) in [6.07, 6.45) is -3.09. The Hall–Kier alpha value is -4.86. The molecule has 0 bridgehead atoms. The van der Waals surface area contributed by atoms with E-state index >= 15 is 0 Å². The molecule has 0 spiro atoms. The standard InChI is InChI=1S/C27H19F3N6O/c1-14-33-21-9-8-17(12-23(21)34-14)36-26(31)19(13-32-36)25(37)24-11-16-7-6-15(10-22(16)35-24)18-4-2-3-5-20(18)27(28,29)30/h2-13,35H,31H2,1H3,(H,33,34). The summed E-state index contributed by atoms with van der Waals surface area (Å²) in [5, 5.41) is 4.99. The van der Waals surface area contributed by atoms with Crippen LogP contribution in [0.1, 0.15) is 27.4 Å². The highest BCUT2D eigenvalue weighted by molar-refractivity contribution is 6.12. The number of aromatic amines is 2. The number of nitrogens with two attached hydrogens (primary N) is 1. The molecule has 0 fully saturated rings. The molecule has 184 valence electrons. The van der Waals surface area contributed by atoms with E-state index in [0.29, 0.717) is 22.2 Å². The fourth-order valence-electron chi connectivity index (χ4n) is 4.54. The zero-order valence-electron chi connectivity index (χ0n) is 19.4. The van der Waals surface area contributed by atoms with Crippen LogP contribution in [0.2, 0.25) is 0 Å². The molecule has 0 atom stereocenters. The van der Waals surface area contributed by atoms with E-state index in [1.807, 2.05) is 25.1 Å². The number of ketones is 1. The number of H-pyrrole nitrogens is 2. The predicted octanol–water partition coefficient (Wildman–Crippen LogP) is 6.04. The summed E-state index contributed by atoms with van der Waals surface area (Å²) in [6, 6.07) is 17.4. The Morgan fingerprint density at radius 3 is 2.59 bits per heavy atom. The van der Waals surface area contributed by atoms with Crippen molar-refractivity contribution in [3.05, 3.63) is 95.6 Å². The Labute approximate surface area is 207 Å². The van der Waals surface area contributed by atoms with E-state index in [4.69, 9.17) is 5.73 Å². The molecule has 37 heavy (non-hydrogen) atoms. The number of anilines is 1. The van der Waals surface area contributed by atoms with Gasteiger partial charge in [-0.05, 0) is 54.4 Å². The molecule has 3 aromatic heterocycles. The summed E-state index contributed by atoms with van der Waals surface area (Å²) < 4.78 is 42.0. The Balaban J connectivity index is 1.35. The molecule has 0 aliphatic rings. The molecule has 6 rings (SSSR count). The largest absolute Gasteiger partial charge is 0.417 e. The molecule has 10 heteroatoms. The Morgan fingerprint density at radius 1 is 0.973 bits per heavy atom. The molecule has 0 saturated heterocycles. The summed E-state index contributed by atoms with van der Waals surface area (Å²) in [5.41, 5.74) is 9.31. The van der Waals surface area contributed by atoms with Crippen molar-refractivity contribution < 1.29 is 18.0 Å². The van der Waals surface area contributed by atoms with Crippen LogP contribution in [-0.4, -0.2) is 30.5 Å². The lowest BCUT2D eigenvalue weighted by Gasteiger charge is -2.12. The van der Waals surface area contributed by atoms with Crippen molar-refractivity contribution in [1.29, 1.82) is 0 Å². The third-order valence-electron chi connectivity index (χ3n) is 6.29. The van der Waals surface area contributed by atoms with Gasteiger partial charge in [0.15, 0.2) is 0 Å². The average Bonchev–Trinajstić information content (AvgIpc) is 3.57. The quantitative estimate of drug-likeness (QED) is 0.257. The Kier molecular flexibility index (Phi) is 4.94. The van der Waals surface area contributed by atoms with Gasteiger partial charge in [-0.25, -0.2) is 9.67 Å². The maximum absolute atomic E-state index is 13.5. The topological polar surface area (TPSA) is 105 Å². The number of fused-ring (bicyclic) bond motifs is 2. The van der Waals surface area contributed by atoms with Gasteiger partial charge in [-0.2, -0.15) is 18.3 Å². The van der Waals surface area contributed by atoms with Crippen molar-refractivity contribution in [2.24, 2.45) is 0 Å². The highest BCUT2D eigenvalue weighted by Crippen LogP contribution is 2.37. The number of hydrogen-bond donors (Lipinski definition) is 3. The number of alkyl halides is 3. The minimum atomic E-state index is -4.49. The van der Waals surface area contributed by atoms with Crippen molar-refractivity contribution in [1.82, 2.24) is 24.7 Å². The second-order valence-electron chi connectivity index (χ2n) is 8.74. The minimum Gasteiger partial charge on any atom is -0.383 e. The van der Waals surface area contributed by atoms with Gasteiger partial charge in [0, 0.05) is 10.9 Å². The maximum Gasteiger partial charge on any atom is 0.417 e. The molecule has 0 aliphatic heterocycles. The van der Waals surface area contributed by atoms with Crippen LogP contribution < -0.4 is 5.73 Å². The number of nitrogen functional groups attached to an aromatic ring is 1. The highest BCUT2D eigenvalue weighted by atomic mass is 19.4. The molecule has 7 nitrogen and oxygen atoms in total. The molecule has 0 amide bonds. The number of hydrogen-bond acceptors (Lipinski definition) is 4. The van der Waals surface area contributed by atoms with Crippen LogP contribution in [0.25, 0.3) is 38.8 Å². The van der Waals surface area contributed by atoms with Crippen LogP contribution in [0.5, 0.6) is 0 Å². The number of rotatable bonds is 4. The van der Waals surface area contributed by atoms with Crippen LogP contribution >= 0.6 is 0 Å². The number of carbonyl (C=O) groups is 1. The van der Waals surface area contributed by atoms with Crippen LogP contribution in [0.15, 0.2) is 72.9 Å². The summed E-state index contributed by atoms with van der Waals surface area (Å²) in [5.74, 6) is 0.565. The molecule has 0 saturated carbocycles. The normalized spacial score (nSPS) is 12.0. The fourth-order valence-corrected chi connectivity index (χ4v) is 4.54. The third kappa shape index (κ3) is 3.83. The van der Waals surface area contributed by atoms with Gasteiger partial charge in [0.25, 0.3) is 0 Å². The van der Waals surface area contributed by atoms with Gasteiger partial charge in [0.05, 0.1) is 39.7 Å². The predicted molar refractivity (Wildman–Crippen MR) is 135 cm³/mol. The first-order valence-corrected chi connectivity index (χ1v) is 11.3. The summed E-state index contributed by atoms with van der Waals surface area (Å²) in [7, 11) is 0. The molecule has 0 radical (unpaired) electrons. The van der Waals surface area contributed by atoms with Gasteiger partial charge >= 0.3 is 6.18 Å². The zero-order valence-corrected chi connectivity index (χ0v) is 19.4. The van der Waals surface area contributed by atoms with Gasteiger partial charge in [0.1, 0.15) is 11.6 Å². The second kappa shape index (κ2) is 8.09. The lowest BCUT2D eigenvalue weighted by molar-refractivity contribution is -0.137. The summed E-state index contributed by atoms with van der Waals surface area (Å²) in [4.78, 5) is 23.9. The smallest absolute Gasteiger partial charge is 0.383 e. The highest BCUT2D eigenvalue weighted by Gasteiger charge is 2.33. The van der Waals surface area contributed by atoms with Gasteiger partial charge in [0.2, 0.25) is 5.78 Å². The Bertz CT molecular complexity index is 1830. The molecule has 3 aromatic carbocycles. The van der Waals surface area contributed by atoms with E-state index in [-0.39, 0.29) is 28.4 Å². The minimum absolute atomic E-state index is 0.0642. The summed E-state index contributed by atoms with van der Waals surface area (Å²) >= 11 is 0. The van der Waals surface area contributed by atoms with E-state index in [1.54, 1.807) is 30.3 Å². The third-order valence-corrected chi connectivity index (χ3v) is 6.29. The Morgan fingerprint density at radius 2 is 1.78 bits per heavy atom. The number of halogens is 3. The van der Waals surface area contributed by atoms with Crippen molar-refractivity contribution in [2.45, 2.75) is 13.1 Å². The van der Waals surface area contributed by atoms with Gasteiger partial charge in [-0.15, -0.1) is 0 Å². The average molecular weight is 500 g/mol. The number of benzene rings is 3. The zero-order chi connectivity index (χ0) is 25.9. The number of nitrogens with one attached hydrogen (secondary N) is 2. The van der Waals surface area contributed by atoms with Gasteiger partial charge < -0.3 is 15.7 Å². The van der Waals surface area contributed by atoms with Gasteiger partial charge in [-0.1, -0.05) is 30.3 Å². The number of aryl methyl sites for hydroxylation is 1. The summed E-state index contributed by atoms with van der Waals surface area (Å²) in [6.45, 7) is 1.86. The lowest BCUT2D eigenvalue weighted by Crippen LogP contribution is -2.07. The van der Waals surface area contributed by atoms with E-state index in [0.717, 1.165) is 22.9 Å². The fraction of sp³-hybridized carbons (Fsp3) is 0.0741. The van der Waals surface area contributed by atoms with E-state index in [9.17, 15) is 18.0 Å². The molecule has 4 N–H and O–H groups in total. The maximum atomic E-state index is 13.5. The SMILES string of the molecule is Cc1nc2ccc(-n3ncc(C(=O)c4cc5ccc(-c6ccccc6C(F)(F)F)cc5[nH]4)c3N)cc2[nH]1. The van der Waals surface area contributed by atoms with Crippen molar-refractivity contribution in [3.63, 3.8) is 0 Å². The van der Waals surface area contributed by atoms with Crippen molar-refractivity contribution >= 4 is 33.5 Å². The second-order valence-corrected chi connectivity index (χ2v) is 8.74. The molecule has 0 aliphatic carbocycles. The van der Waals surface area contributed by atoms with Crippen molar-refractivity contribution in [3.8, 4) is 16.8 Å². The van der Waals surface area contributed by atoms with Crippen LogP contribution in [-0.2, 0) is 6.18 Å². The molecule has 6 aromatic rings. The number of nitrogens with zero attached hydrogens (tertiary/aromatic N) is 3. The van der Waals surface area contributed by atoms with Crippen molar-refractivity contribution in [2.75, 3.05) is 5.73 Å². The molecule has 0 unspecified atom stereocenters. The first-order chi connectivity index (χ1) is 17.7. The number of aromatic nitrogens is 5. The monoisotopic (exact) mass is 500 g/mol. The lowest BCUT2D eigenvalue weighted by atomic mass is 9.98. The van der Waals surface area contributed by atoms with Crippen LogP contribution in [0.4, 0.5) is 19.0 Å². The molecule has 3 heterocycles. The van der Waals surface area contributed by atoms with Crippen LogP contribution in [0, 0.1) is 6.92 Å². The van der Waals surface area contributed by atoms with E-state index in [2.05, 4.69) is 20.1 Å². The first-order valence-electron chi connectivity index (χ1n) is 11.3. The molecular formula is C27H19F3N6O. The van der Waals surface area contributed by atoms with Gasteiger partial charge in [-0.3, -0.25) is 4.79 Å². The van der Waals surface area contributed by atoms with Crippen LogP contribution in [0.3, 0.4) is 0 Å². The number of imidazole rings is 1. The first kappa shape index (κ1) is 22.6. The van der Waals surface area contributed by atoms with E-state index in [1.165, 1.54) is 23.0 Å².